The molecule has 10 heteroatoms. The van der Waals surface area contributed by atoms with Crippen LogP contribution in [0.4, 0.5) is 9.18 Å². The van der Waals surface area contributed by atoms with Crippen LogP contribution in [0, 0.1) is 11.7 Å². The fourth-order valence-electron chi connectivity index (χ4n) is 3.64. The molecule has 1 atom stereocenters. The number of halogens is 1. The van der Waals surface area contributed by atoms with Gasteiger partial charge in [0.05, 0.1) is 12.4 Å². The summed E-state index contributed by atoms with van der Waals surface area (Å²) in [6.07, 6.45) is 2.17. The Labute approximate surface area is 192 Å². The van der Waals surface area contributed by atoms with Gasteiger partial charge < -0.3 is 9.64 Å². The van der Waals surface area contributed by atoms with Crippen LogP contribution in [0.15, 0.2) is 42.5 Å². The van der Waals surface area contributed by atoms with Crippen molar-refractivity contribution in [3.8, 4) is 5.75 Å². The van der Waals surface area contributed by atoms with Crippen molar-refractivity contribution in [3.05, 3.63) is 65.0 Å². The maximum atomic E-state index is 14.0. The van der Waals surface area contributed by atoms with E-state index in [1.54, 1.807) is 31.2 Å². The second kappa shape index (κ2) is 9.48. The summed E-state index contributed by atoms with van der Waals surface area (Å²) in [5, 5.41) is 2.21. The predicted molar refractivity (Wildman–Crippen MR) is 119 cm³/mol. The minimum absolute atomic E-state index is 0.0234. The molecule has 2 N–H and O–H groups in total. The Morgan fingerprint density at radius 3 is 2.64 bits per heavy atom. The fraction of sp³-hybridized carbons (Fsp3) is 0.391. The van der Waals surface area contributed by atoms with Gasteiger partial charge in [-0.3, -0.25) is 10.1 Å². The van der Waals surface area contributed by atoms with Crippen LogP contribution in [0.1, 0.15) is 42.5 Å². The molecule has 2 aromatic carbocycles. The standard InChI is InChI=1S/C23H26FN3O5S/c1-15(19-7-8-20(24)21(10-19)32-13-16-5-6-16)26-33(30,31)14-18-4-2-3-17(9-18)11-27-12-22(28)25-23(27)29/h2-4,7-10,15-16,26H,5-6,11-14H2,1H3,(H,25,28,29). The fourth-order valence-corrected chi connectivity index (χ4v) is 5.02. The van der Waals surface area contributed by atoms with Crippen molar-refractivity contribution >= 4 is 22.0 Å². The molecule has 0 bridgehead atoms. The number of amides is 3. The molecule has 2 aliphatic rings. The minimum Gasteiger partial charge on any atom is -0.490 e. The summed E-state index contributed by atoms with van der Waals surface area (Å²) in [4.78, 5) is 24.4. The lowest BCUT2D eigenvalue weighted by molar-refractivity contribution is -0.118. The van der Waals surface area contributed by atoms with Crippen LogP contribution in [-0.4, -0.2) is 38.4 Å². The number of hydrogen-bond acceptors (Lipinski definition) is 5. The van der Waals surface area contributed by atoms with Gasteiger partial charge in [-0.2, -0.15) is 0 Å². The van der Waals surface area contributed by atoms with Gasteiger partial charge in [0.15, 0.2) is 11.6 Å². The SMILES string of the molecule is CC(NS(=O)(=O)Cc1cccc(CN2CC(=O)NC2=O)c1)c1ccc(F)c(OCC2CC2)c1. The first-order valence-electron chi connectivity index (χ1n) is 10.8. The van der Waals surface area contributed by atoms with Gasteiger partial charge in [0.1, 0.15) is 6.54 Å². The van der Waals surface area contributed by atoms with Gasteiger partial charge in [-0.15, -0.1) is 0 Å². The third kappa shape index (κ3) is 6.29. The molecular formula is C23H26FN3O5S. The largest absolute Gasteiger partial charge is 0.490 e. The van der Waals surface area contributed by atoms with E-state index in [2.05, 4.69) is 10.0 Å². The van der Waals surface area contributed by atoms with E-state index in [0.29, 0.717) is 23.7 Å². The van der Waals surface area contributed by atoms with Gasteiger partial charge in [-0.05, 0) is 54.5 Å². The second-order valence-electron chi connectivity index (χ2n) is 8.57. The molecule has 0 radical (unpaired) electrons. The summed E-state index contributed by atoms with van der Waals surface area (Å²) in [5.41, 5.74) is 1.87. The smallest absolute Gasteiger partial charge is 0.324 e. The van der Waals surface area contributed by atoms with Gasteiger partial charge in [0, 0.05) is 12.6 Å². The molecule has 1 heterocycles. The van der Waals surface area contributed by atoms with Crippen LogP contribution in [-0.2, 0) is 27.1 Å². The highest BCUT2D eigenvalue weighted by atomic mass is 32.2. The van der Waals surface area contributed by atoms with Crippen molar-refractivity contribution in [1.82, 2.24) is 14.9 Å². The van der Waals surface area contributed by atoms with Gasteiger partial charge in [-0.1, -0.05) is 30.3 Å². The molecule has 2 fully saturated rings. The average molecular weight is 476 g/mol. The Morgan fingerprint density at radius 1 is 1.18 bits per heavy atom. The zero-order valence-corrected chi connectivity index (χ0v) is 19.0. The van der Waals surface area contributed by atoms with Crippen molar-refractivity contribution < 1.29 is 27.1 Å². The van der Waals surface area contributed by atoms with Gasteiger partial charge >= 0.3 is 6.03 Å². The molecule has 1 unspecified atom stereocenters. The first-order chi connectivity index (χ1) is 15.7. The number of benzene rings is 2. The molecule has 1 saturated heterocycles. The molecular weight excluding hydrogens is 449 g/mol. The highest BCUT2D eigenvalue weighted by Crippen LogP contribution is 2.31. The van der Waals surface area contributed by atoms with Crippen LogP contribution >= 0.6 is 0 Å². The first kappa shape index (κ1) is 23.2. The molecule has 2 aromatic rings. The number of hydrogen-bond donors (Lipinski definition) is 2. The molecule has 1 aliphatic carbocycles. The number of carbonyl (C=O) groups is 2. The van der Waals surface area contributed by atoms with Crippen LogP contribution in [0.2, 0.25) is 0 Å². The van der Waals surface area contributed by atoms with Crippen LogP contribution in [0.5, 0.6) is 5.75 Å². The molecule has 33 heavy (non-hydrogen) atoms. The Kier molecular flexibility index (Phi) is 6.66. The Morgan fingerprint density at radius 2 is 1.94 bits per heavy atom. The van der Waals surface area contributed by atoms with Crippen LogP contribution in [0.3, 0.4) is 0 Å². The molecule has 3 amide bonds. The Hall–Kier alpha value is -2.98. The molecule has 8 nitrogen and oxygen atoms in total. The summed E-state index contributed by atoms with van der Waals surface area (Å²) in [5.74, 6) is -0.496. The Balaban J connectivity index is 1.39. The zero-order chi connectivity index (χ0) is 23.6. The summed E-state index contributed by atoms with van der Waals surface area (Å²) in [6.45, 7) is 2.33. The third-order valence-electron chi connectivity index (χ3n) is 5.57. The lowest BCUT2D eigenvalue weighted by Crippen LogP contribution is -2.28. The lowest BCUT2D eigenvalue weighted by atomic mass is 10.1. The van der Waals surface area contributed by atoms with E-state index >= 15 is 0 Å². The van der Waals surface area contributed by atoms with Gasteiger partial charge in [0.2, 0.25) is 15.9 Å². The molecule has 1 saturated carbocycles. The molecule has 0 aromatic heterocycles. The van der Waals surface area contributed by atoms with E-state index in [-0.39, 0.29) is 30.5 Å². The monoisotopic (exact) mass is 475 g/mol. The number of nitrogens with one attached hydrogen (secondary N) is 2. The number of rotatable bonds is 10. The summed E-state index contributed by atoms with van der Waals surface area (Å²) < 4.78 is 47.8. The van der Waals surface area contributed by atoms with Gasteiger partial charge in [-0.25, -0.2) is 22.3 Å². The zero-order valence-electron chi connectivity index (χ0n) is 18.2. The summed E-state index contributed by atoms with van der Waals surface area (Å²) in [7, 11) is -3.72. The second-order valence-corrected chi connectivity index (χ2v) is 10.3. The van der Waals surface area contributed by atoms with Crippen molar-refractivity contribution in [2.24, 2.45) is 5.92 Å². The minimum atomic E-state index is -3.72. The Bertz CT molecular complexity index is 1170. The number of nitrogens with zero attached hydrogens (tertiary/aromatic N) is 1. The first-order valence-corrected chi connectivity index (χ1v) is 12.4. The lowest BCUT2D eigenvalue weighted by Gasteiger charge is -2.17. The third-order valence-corrected chi connectivity index (χ3v) is 7.00. The number of ether oxygens (including phenoxy) is 1. The van der Waals surface area contributed by atoms with Crippen molar-refractivity contribution in [1.29, 1.82) is 0 Å². The molecule has 4 rings (SSSR count). The highest BCUT2D eigenvalue weighted by molar-refractivity contribution is 7.88. The van der Waals surface area contributed by atoms with E-state index in [1.165, 1.54) is 23.1 Å². The van der Waals surface area contributed by atoms with E-state index < -0.39 is 27.9 Å². The summed E-state index contributed by atoms with van der Waals surface area (Å²) in [6, 6.07) is 10.2. The van der Waals surface area contributed by atoms with E-state index in [4.69, 9.17) is 4.74 Å². The number of sulfonamides is 1. The highest BCUT2D eigenvalue weighted by Gasteiger charge is 2.27. The topological polar surface area (TPSA) is 105 Å². The molecule has 176 valence electrons. The normalized spacial score (nSPS) is 17.2. The van der Waals surface area contributed by atoms with E-state index in [9.17, 15) is 22.4 Å². The van der Waals surface area contributed by atoms with Crippen molar-refractivity contribution in [2.75, 3.05) is 13.2 Å². The van der Waals surface area contributed by atoms with Crippen LogP contribution < -0.4 is 14.8 Å². The van der Waals surface area contributed by atoms with Crippen molar-refractivity contribution in [2.45, 2.75) is 38.1 Å². The molecule has 1 aliphatic heterocycles. The van der Waals surface area contributed by atoms with E-state index in [0.717, 1.165) is 18.4 Å². The van der Waals surface area contributed by atoms with Crippen LogP contribution in [0.25, 0.3) is 0 Å². The average Bonchev–Trinajstić information content (AvgIpc) is 3.51. The van der Waals surface area contributed by atoms with Gasteiger partial charge in [0.25, 0.3) is 0 Å². The number of imide groups is 1. The predicted octanol–water partition coefficient (Wildman–Crippen LogP) is 2.85. The number of carbonyl (C=O) groups excluding carboxylic acids is 2. The number of urea groups is 1. The molecule has 0 spiro atoms. The maximum absolute atomic E-state index is 14.0. The summed E-state index contributed by atoms with van der Waals surface area (Å²) >= 11 is 0. The quantitative estimate of drug-likeness (QED) is 0.514. The van der Waals surface area contributed by atoms with E-state index in [1.807, 2.05) is 0 Å². The van der Waals surface area contributed by atoms with Crippen molar-refractivity contribution in [3.63, 3.8) is 0 Å². The maximum Gasteiger partial charge on any atom is 0.324 e.